The molecule has 2 aromatic heterocycles. The summed E-state index contributed by atoms with van der Waals surface area (Å²) in [5, 5.41) is 4.80. The summed E-state index contributed by atoms with van der Waals surface area (Å²) < 4.78 is 7.23. The lowest BCUT2D eigenvalue weighted by Crippen LogP contribution is -2.04. The minimum Gasteiger partial charge on any atom is -0.486 e. The predicted octanol–water partition coefficient (Wildman–Crippen LogP) is 2.17. The minimum atomic E-state index is 0.304. The fourth-order valence-electron chi connectivity index (χ4n) is 1.54. The molecule has 0 atom stereocenters. The molecule has 18 heavy (non-hydrogen) atoms. The number of carbonyl (C=O) groups excluding carboxylic acids is 1. The summed E-state index contributed by atoms with van der Waals surface area (Å²) in [7, 11) is 1.81. The van der Waals surface area contributed by atoms with E-state index < -0.39 is 0 Å². The van der Waals surface area contributed by atoms with E-state index in [0.717, 1.165) is 11.4 Å². The van der Waals surface area contributed by atoms with Crippen molar-refractivity contribution in [1.82, 2.24) is 14.8 Å². The molecule has 0 bridgehead atoms. The molecule has 2 heterocycles. The van der Waals surface area contributed by atoms with Crippen LogP contribution in [0.25, 0.3) is 0 Å². The zero-order valence-corrected chi connectivity index (χ0v) is 10.8. The number of hydrogen-bond donors (Lipinski definition) is 0. The summed E-state index contributed by atoms with van der Waals surface area (Å²) in [5.41, 5.74) is 1.94. The van der Waals surface area contributed by atoms with E-state index in [1.54, 1.807) is 16.8 Å². The monoisotopic (exact) mass is 265 g/mol. The molecule has 0 aliphatic carbocycles. The Morgan fingerprint density at radius 2 is 2.28 bits per heavy atom. The number of pyridine rings is 1. The van der Waals surface area contributed by atoms with E-state index in [1.165, 1.54) is 6.20 Å². The van der Waals surface area contributed by atoms with Gasteiger partial charge in [0.1, 0.15) is 18.1 Å². The third-order valence-corrected chi connectivity index (χ3v) is 3.01. The third-order valence-electron chi connectivity index (χ3n) is 2.52. The number of halogens is 1. The first-order valence-corrected chi connectivity index (χ1v) is 5.71. The second-order valence-electron chi connectivity index (χ2n) is 3.79. The van der Waals surface area contributed by atoms with Crippen LogP contribution in [0.1, 0.15) is 21.9 Å². The second-order valence-corrected chi connectivity index (χ2v) is 4.17. The molecule has 0 aliphatic heterocycles. The standard InChI is InChI=1S/C12H12ClN3O2/c1-8-12(13)11(16(2)15-8)7-18-10-4-3-9(6-17)14-5-10/h3-6H,7H2,1-2H3. The summed E-state index contributed by atoms with van der Waals surface area (Å²) in [6.07, 6.45) is 2.19. The van der Waals surface area contributed by atoms with Gasteiger partial charge in [-0.2, -0.15) is 5.10 Å². The van der Waals surface area contributed by atoms with Crippen molar-refractivity contribution in [2.75, 3.05) is 0 Å². The van der Waals surface area contributed by atoms with Gasteiger partial charge in [0.2, 0.25) is 0 Å². The Labute approximate surface area is 109 Å². The van der Waals surface area contributed by atoms with E-state index in [0.29, 0.717) is 29.4 Å². The Morgan fingerprint density at radius 1 is 1.50 bits per heavy atom. The van der Waals surface area contributed by atoms with Crippen molar-refractivity contribution >= 4 is 17.9 Å². The minimum absolute atomic E-state index is 0.304. The van der Waals surface area contributed by atoms with Crippen LogP contribution in [0, 0.1) is 6.92 Å². The molecule has 6 heteroatoms. The summed E-state index contributed by atoms with van der Waals surface area (Å²) in [6, 6.07) is 3.28. The summed E-state index contributed by atoms with van der Waals surface area (Å²) in [5.74, 6) is 0.579. The number of aryl methyl sites for hydroxylation is 2. The zero-order valence-electron chi connectivity index (χ0n) is 10.1. The van der Waals surface area contributed by atoms with E-state index in [1.807, 2.05) is 14.0 Å². The molecule has 0 N–H and O–H groups in total. The van der Waals surface area contributed by atoms with Crippen LogP contribution in [0.4, 0.5) is 0 Å². The first-order chi connectivity index (χ1) is 8.61. The van der Waals surface area contributed by atoms with Gasteiger partial charge in [0.15, 0.2) is 6.29 Å². The molecule has 0 fully saturated rings. The van der Waals surface area contributed by atoms with Gasteiger partial charge in [-0.05, 0) is 19.1 Å². The molecule has 0 saturated carbocycles. The van der Waals surface area contributed by atoms with Crippen molar-refractivity contribution in [1.29, 1.82) is 0 Å². The molecule has 5 nitrogen and oxygen atoms in total. The van der Waals surface area contributed by atoms with Gasteiger partial charge < -0.3 is 4.74 Å². The van der Waals surface area contributed by atoms with Gasteiger partial charge in [0.05, 0.1) is 22.6 Å². The molecular formula is C12H12ClN3O2. The van der Waals surface area contributed by atoms with E-state index >= 15 is 0 Å². The van der Waals surface area contributed by atoms with Crippen LogP contribution in [0.15, 0.2) is 18.3 Å². The normalized spacial score (nSPS) is 10.4. The number of ether oxygens (including phenoxy) is 1. The van der Waals surface area contributed by atoms with Crippen LogP contribution in [-0.4, -0.2) is 21.1 Å². The van der Waals surface area contributed by atoms with Gasteiger partial charge >= 0.3 is 0 Å². The molecule has 94 valence electrons. The molecule has 0 amide bonds. The van der Waals surface area contributed by atoms with Crippen molar-refractivity contribution in [3.63, 3.8) is 0 Å². The Bertz CT molecular complexity index is 563. The van der Waals surface area contributed by atoms with Crippen LogP contribution in [0.5, 0.6) is 5.75 Å². The van der Waals surface area contributed by atoms with Crippen molar-refractivity contribution in [3.8, 4) is 5.75 Å². The lowest BCUT2D eigenvalue weighted by atomic mass is 10.3. The maximum atomic E-state index is 10.5. The summed E-state index contributed by atoms with van der Waals surface area (Å²) >= 11 is 6.10. The Morgan fingerprint density at radius 3 is 2.78 bits per heavy atom. The van der Waals surface area contributed by atoms with Gasteiger partial charge in [-0.3, -0.25) is 9.48 Å². The average Bonchev–Trinajstić information content (AvgIpc) is 2.62. The first-order valence-electron chi connectivity index (χ1n) is 5.34. The lowest BCUT2D eigenvalue weighted by Gasteiger charge is -2.06. The van der Waals surface area contributed by atoms with Crippen LogP contribution in [0.2, 0.25) is 5.02 Å². The fourth-order valence-corrected chi connectivity index (χ4v) is 1.75. The van der Waals surface area contributed by atoms with Gasteiger partial charge in [0, 0.05) is 7.05 Å². The highest BCUT2D eigenvalue weighted by atomic mass is 35.5. The molecule has 2 rings (SSSR count). The van der Waals surface area contributed by atoms with Gasteiger partial charge in [-0.1, -0.05) is 11.6 Å². The van der Waals surface area contributed by atoms with Crippen molar-refractivity contribution in [2.24, 2.45) is 7.05 Å². The SMILES string of the molecule is Cc1nn(C)c(COc2ccc(C=O)nc2)c1Cl. The highest BCUT2D eigenvalue weighted by Crippen LogP contribution is 2.21. The van der Waals surface area contributed by atoms with Crippen LogP contribution >= 0.6 is 11.6 Å². The second kappa shape index (κ2) is 5.18. The summed E-state index contributed by atoms with van der Waals surface area (Å²) in [6.45, 7) is 2.14. The zero-order chi connectivity index (χ0) is 13.1. The lowest BCUT2D eigenvalue weighted by molar-refractivity contribution is 0.111. The van der Waals surface area contributed by atoms with Crippen LogP contribution in [-0.2, 0) is 13.7 Å². The van der Waals surface area contributed by atoms with Crippen molar-refractivity contribution in [3.05, 3.63) is 40.4 Å². The molecule has 0 aliphatic rings. The van der Waals surface area contributed by atoms with Crippen molar-refractivity contribution < 1.29 is 9.53 Å². The Balaban J connectivity index is 2.08. The Kier molecular flexibility index (Phi) is 3.62. The van der Waals surface area contributed by atoms with E-state index in [4.69, 9.17) is 16.3 Å². The number of nitrogens with zero attached hydrogens (tertiary/aromatic N) is 3. The average molecular weight is 266 g/mol. The highest BCUT2D eigenvalue weighted by Gasteiger charge is 2.11. The fraction of sp³-hybridized carbons (Fsp3) is 0.250. The highest BCUT2D eigenvalue weighted by molar-refractivity contribution is 6.31. The number of rotatable bonds is 4. The molecule has 0 unspecified atom stereocenters. The smallest absolute Gasteiger partial charge is 0.168 e. The van der Waals surface area contributed by atoms with E-state index in [9.17, 15) is 4.79 Å². The number of hydrogen-bond acceptors (Lipinski definition) is 4. The molecular weight excluding hydrogens is 254 g/mol. The maximum absolute atomic E-state index is 10.5. The maximum Gasteiger partial charge on any atom is 0.168 e. The summed E-state index contributed by atoms with van der Waals surface area (Å²) in [4.78, 5) is 14.4. The molecule has 0 saturated heterocycles. The molecule has 0 radical (unpaired) electrons. The molecule has 2 aromatic rings. The topological polar surface area (TPSA) is 57.0 Å². The van der Waals surface area contributed by atoms with Crippen LogP contribution < -0.4 is 4.74 Å². The van der Waals surface area contributed by atoms with Gasteiger partial charge in [0.25, 0.3) is 0 Å². The molecule has 0 aromatic carbocycles. The number of aromatic nitrogens is 3. The van der Waals surface area contributed by atoms with E-state index in [-0.39, 0.29) is 0 Å². The van der Waals surface area contributed by atoms with Gasteiger partial charge in [-0.15, -0.1) is 0 Å². The van der Waals surface area contributed by atoms with Gasteiger partial charge in [-0.25, -0.2) is 4.98 Å². The quantitative estimate of drug-likeness (QED) is 0.795. The number of carbonyl (C=O) groups is 1. The molecule has 0 spiro atoms. The predicted molar refractivity (Wildman–Crippen MR) is 66.9 cm³/mol. The number of aldehydes is 1. The Hall–Kier alpha value is -1.88. The first kappa shape index (κ1) is 12.6. The van der Waals surface area contributed by atoms with E-state index in [2.05, 4.69) is 10.1 Å². The van der Waals surface area contributed by atoms with Crippen molar-refractivity contribution in [2.45, 2.75) is 13.5 Å². The largest absolute Gasteiger partial charge is 0.486 e. The third kappa shape index (κ3) is 2.51. The van der Waals surface area contributed by atoms with Crippen LogP contribution in [0.3, 0.4) is 0 Å².